The second-order valence-corrected chi connectivity index (χ2v) is 8.30. The lowest BCUT2D eigenvalue weighted by atomic mass is 10.1. The molecule has 0 unspecified atom stereocenters. The summed E-state index contributed by atoms with van der Waals surface area (Å²) in [6, 6.07) is 7.80. The molecule has 1 aromatic heterocycles. The Morgan fingerprint density at radius 1 is 1.18 bits per heavy atom. The number of carbonyl (C=O) groups is 1. The van der Waals surface area contributed by atoms with Crippen LogP contribution in [0, 0.1) is 23.0 Å². The fraction of sp³-hybridized carbons (Fsp3) is 0.0800. The Kier molecular flexibility index (Phi) is 6.97. The number of halogens is 6. The number of alkyl halides is 3. The minimum absolute atomic E-state index is 0.00677. The molecule has 0 bridgehead atoms. The summed E-state index contributed by atoms with van der Waals surface area (Å²) in [6.07, 6.45) is -2.39. The molecule has 3 N–H and O–H groups in total. The Morgan fingerprint density at radius 3 is 2.61 bits per heavy atom. The van der Waals surface area contributed by atoms with E-state index in [9.17, 15) is 26.7 Å². The molecule has 1 heterocycles. The van der Waals surface area contributed by atoms with Crippen LogP contribution >= 0.6 is 11.6 Å². The molecule has 0 aliphatic rings. The smallest absolute Gasteiger partial charge is 0.416 e. The van der Waals surface area contributed by atoms with E-state index in [0.717, 1.165) is 18.2 Å². The highest BCUT2D eigenvalue weighted by molar-refractivity contribution is 6.32. The number of hydrogen-bond acceptors (Lipinski definition) is 5. The lowest BCUT2D eigenvalue weighted by Crippen LogP contribution is -2.15. The average Bonchev–Trinajstić information content (AvgIpc) is 3.14. The predicted molar refractivity (Wildman–Crippen MR) is 131 cm³/mol. The molecular weight excluding hydrogens is 533 g/mol. The third-order valence-corrected chi connectivity index (χ3v) is 5.61. The number of nitriles is 1. The van der Waals surface area contributed by atoms with Crippen LogP contribution in [-0.2, 0) is 13.2 Å². The van der Waals surface area contributed by atoms with Gasteiger partial charge < -0.3 is 15.8 Å². The number of aryl methyl sites for hydroxylation is 1. The van der Waals surface area contributed by atoms with E-state index in [4.69, 9.17) is 27.3 Å². The van der Waals surface area contributed by atoms with Crippen LogP contribution in [0.3, 0.4) is 0 Å². The molecule has 0 saturated carbocycles. The minimum Gasteiger partial charge on any atom is -0.453 e. The third-order valence-electron chi connectivity index (χ3n) is 5.30. The topological polar surface area (TPSA) is 106 Å². The largest absolute Gasteiger partial charge is 0.453 e. The van der Waals surface area contributed by atoms with Crippen LogP contribution in [0.15, 0.2) is 48.5 Å². The standard InChI is InChI=1S/C25H15ClF5N5O2/c1-36-21-12(3-2-6-32)9-18(34-24(37)13-7-14(25(29,30)31)10-16(28)8-13)22(20(21)23(33)35-36)38-19-11-15(27)4-5-17(19)26/h2-5,7-11H,1H3,(H2,33,35)(H,34,37)/b3-2-. The van der Waals surface area contributed by atoms with Crippen molar-refractivity contribution in [1.29, 1.82) is 5.26 Å². The van der Waals surface area contributed by atoms with Crippen molar-refractivity contribution in [3.05, 3.63) is 81.9 Å². The zero-order chi connectivity index (χ0) is 27.8. The molecule has 3 aromatic carbocycles. The maximum absolute atomic E-state index is 14.0. The van der Waals surface area contributed by atoms with Gasteiger partial charge in [0, 0.05) is 30.3 Å². The number of amides is 1. The number of aromatic nitrogens is 2. The molecule has 0 saturated heterocycles. The summed E-state index contributed by atoms with van der Waals surface area (Å²) < 4.78 is 74.7. The number of nitrogen functional groups attached to an aromatic ring is 1. The maximum atomic E-state index is 14.0. The normalized spacial score (nSPS) is 11.6. The summed E-state index contributed by atoms with van der Waals surface area (Å²) in [6.45, 7) is 0. The second kappa shape index (κ2) is 10.0. The predicted octanol–water partition coefficient (Wildman–Crippen LogP) is 6.69. The van der Waals surface area contributed by atoms with Gasteiger partial charge in [-0.2, -0.15) is 23.5 Å². The molecule has 0 atom stereocenters. The summed E-state index contributed by atoms with van der Waals surface area (Å²) in [5.74, 6) is -3.53. The van der Waals surface area contributed by atoms with Crippen LogP contribution < -0.4 is 15.8 Å². The fourth-order valence-corrected chi connectivity index (χ4v) is 3.88. The molecule has 1 amide bonds. The van der Waals surface area contributed by atoms with Crippen LogP contribution in [0.4, 0.5) is 33.5 Å². The molecule has 13 heteroatoms. The van der Waals surface area contributed by atoms with Crippen molar-refractivity contribution in [3.8, 4) is 17.6 Å². The van der Waals surface area contributed by atoms with E-state index in [1.807, 2.05) is 6.07 Å². The zero-order valence-corrected chi connectivity index (χ0v) is 20.0. The van der Waals surface area contributed by atoms with E-state index in [-0.39, 0.29) is 39.5 Å². The lowest BCUT2D eigenvalue weighted by Gasteiger charge is -2.17. The first-order valence-corrected chi connectivity index (χ1v) is 10.9. The quantitative estimate of drug-likeness (QED) is 0.214. The van der Waals surface area contributed by atoms with E-state index in [2.05, 4.69) is 10.4 Å². The van der Waals surface area contributed by atoms with Crippen molar-refractivity contribution in [1.82, 2.24) is 9.78 Å². The third kappa shape index (κ3) is 5.23. The van der Waals surface area contributed by atoms with Gasteiger partial charge in [0.25, 0.3) is 5.91 Å². The van der Waals surface area contributed by atoms with Gasteiger partial charge >= 0.3 is 6.18 Å². The number of nitrogens with one attached hydrogen (secondary N) is 1. The molecule has 4 rings (SSSR count). The number of anilines is 2. The van der Waals surface area contributed by atoms with Crippen molar-refractivity contribution in [2.45, 2.75) is 6.18 Å². The van der Waals surface area contributed by atoms with Gasteiger partial charge in [0.1, 0.15) is 17.4 Å². The molecule has 0 spiro atoms. The summed E-state index contributed by atoms with van der Waals surface area (Å²) in [4.78, 5) is 13.0. The average molecular weight is 548 g/mol. The molecule has 0 aliphatic heterocycles. The zero-order valence-electron chi connectivity index (χ0n) is 19.2. The van der Waals surface area contributed by atoms with E-state index < -0.39 is 34.8 Å². The van der Waals surface area contributed by atoms with Gasteiger partial charge in [-0.25, -0.2) is 8.78 Å². The number of rotatable bonds is 5. The summed E-state index contributed by atoms with van der Waals surface area (Å²) >= 11 is 6.15. The molecule has 0 radical (unpaired) electrons. The van der Waals surface area contributed by atoms with Gasteiger partial charge in [0.2, 0.25) is 0 Å². The van der Waals surface area contributed by atoms with Crippen molar-refractivity contribution < 1.29 is 31.5 Å². The van der Waals surface area contributed by atoms with Gasteiger partial charge in [-0.05, 0) is 42.5 Å². The van der Waals surface area contributed by atoms with Gasteiger partial charge in [0.05, 0.1) is 33.2 Å². The fourth-order valence-electron chi connectivity index (χ4n) is 3.72. The van der Waals surface area contributed by atoms with Crippen molar-refractivity contribution in [3.63, 3.8) is 0 Å². The minimum atomic E-state index is -4.90. The number of ether oxygens (including phenoxy) is 1. The molecule has 38 heavy (non-hydrogen) atoms. The van der Waals surface area contributed by atoms with Crippen LogP contribution in [0.1, 0.15) is 21.5 Å². The molecule has 0 aliphatic carbocycles. The van der Waals surface area contributed by atoms with E-state index in [1.54, 1.807) is 7.05 Å². The summed E-state index contributed by atoms with van der Waals surface area (Å²) in [7, 11) is 1.55. The number of nitrogens with two attached hydrogens (primary N) is 1. The molecule has 0 fully saturated rings. The monoisotopic (exact) mass is 547 g/mol. The van der Waals surface area contributed by atoms with Gasteiger partial charge in [0.15, 0.2) is 11.6 Å². The first-order chi connectivity index (χ1) is 17.9. The number of carbonyl (C=O) groups excluding carboxylic acids is 1. The second-order valence-electron chi connectivity index (χ2n) is 7.89. The first kappa shape index (κ1) is 26.4. The highest BCUT2D eigenvalue weighted by Crippen LogP contribution is 2.44. The highest BCUT2D eigenvalue weighted by atomic mass is 35.5. The van der Waals surface area contributed by atoms with E-state index >= 15 is 0 Å². The van der Waals surface area contributed by atoms with Crippen LogP contribution in [0.25, 0.3) is 17.0 Å². The Bertz CT molecular complexity index is 1660. The number of benzene rings is 3. The Balaban J connectivity index is 1.93. The summed E-state index contributed by atoms with van der Waals surface area (Å²) in [5.41, 5.74) is 4.60. The van der Waals surface area contributed by atoms with Gasteiger partial charge in [-0.3, -0.25) is 9.48 Å². The van der Waals surface area contributed by atoms with Crippen LogP contribution in [0.2, 0.25) is 5.02 Å². The first-order valence-electron chi connectivity index (χ1n) is 10.6. The molecule has 7 nitrogen and oxygen atoms in total. The maximum Gasteiger partial charge on any atom is 0.416 e. The lowest BCUT2D eigenvalue weighted by molar-refractivity contribution is -0.137. The highest BCUT2D eigenvalue weighted by Gasteiger charge is 2.32. The van der Waals surface area contributed by atoms with Crippen LogP contribution in [0.5, 0.6) is 11.5 Å². The van der Waals surface area contributed by atoms with Crippen LogP contribution in [-0.4, -0.2) is 15.7 Å². The van der Waals surface area contributed by atoms with Crippen molar-refractivity contribution >= 4 is 46.0 Å². The molecular formula is C25H15ClF5N5O2. The number of hydrogen-bond donors (Lipinski definition) is 2. The van der Waals surface area contributed by atoms with Crippen molar-refractivity contribution in [2.75, 3.05) is 11.1 Å². The SMILES string of the molecule is Cn1nc(N)c2c(Oc3cc(F)ccc3Cl)c(NC(=O)c3cc(F)cc(C(F)(F)F)c3)cc(/C=C\C#N)c21. The summed E-state index contributed by atoms with van der Waals surface area (Å²) in [5, 5.41) is 15.6. The Morgan fingerprint density at radius 2 is 1.92 bits per heavy atom. The Labute approximate surface area is 216 Å². The molecule has 4 aromatic rings. The van der Waals surface area contributed by atoms with Gasteiger partial charge in [-0.15, -0.1) is 0 Å². The molecule has 194 valence electrons. The Hall–Kier alpha value is -4.63. The number of nitrogens with zero attached hydrogens (tertiary/aromatic N) is 3. The van der Waals surface area contributed by atoms with Gasteiger partial charge in [-0.1, -0.05) is 11.6 Å². The number of allylic oxidation sites excluding steroid dienone is 1. The van der Waals surface area contributed by atoms with E-state index in [0.29, 0.717) is 23.2 Å². The van der Waals surface area contributed by atoms with E-state index in [1.165, 1.54) is 22.9 Å². The number of fused-ring (bicyclic) bond motifs is 1. The van der Waals surface area contributed by atoms with Crippen molar-refractivity contribution in [2.24, 2.45) is 7.05 Å².